The van der Waals surface area contributed by atoms with Crippen molar-refractivity contribution >= 4 is 15.9 Å². The number of sulfone groups is 1. The molecule has 1 aromatic carbocycles. The molecule has 0 saturated heterocycles. The lowest BCUT2D eigenvalue weighted by atomic mass is 10.1. The van der Waals surface area contributed by atoms with E-state index >= 15 is 0 Å². The summed E-state index contributed by atoms with van der Waals surface area (Å²) in [5, 5.41) is 0. The van der Waals surface area contributed by atoms with Crippen molar-refractivity contribution in [3.63, 3.8) is 0 Å². The molecule has 0 bridgehead atoms. The average Bonchev–Trinajstić information content (AvgIpc) is 2.02. The Hall–Kier alpha value is -1.09. The summed E-state index contributed by atoms with van der Waals surface area (Å²) in [5.74, 6) is 0. The fraction of sp³-hybridized carbons (Fsp3) is 0.200. The number of benzene rings is 1. The number of hydrogen-bond acceptors (Lipinski definition) is 2. The molecule has 70 valence electrons. The third-order valence-corrected chi connectivity index (χ3v) is 3.00. The van der Waals surface area contributed by atoms with Gasteiger partial charge < -0.3 is 0 Å². The molecule has 1 rings (SSSR count). The van der Waals surface area contributed by atoms with E-state index < -0.39 is 9.84 Å². The Labute approximate surface area is 78.8 Å². The van der Waals surface area contributed by atoms with Crippen LogP contribution in [0.4, 0.5) is 0 Å². The van der Waals surface area contributed by atoms with Gasteiger partial charge in [-0.25, -0.2) is 8.42 Å². The van der Waals surface area contributed by atoms with Gasteiger partial charge in [0, 0.05) is 6.26 Å². The quantitative estimate of drug-likeness (QED) is 0.725. The van der Waals surface area contributed by atoms with Crippen molar-refractivity contribution in [3.8, 4) is 0 Å². The highest BCUT2D eigenvalue weighted by Gasteiger charge is 2.07. The van der Waals surface area contributed by atoms with Crippen molar-refractivity contribution in [3.05, 3.63) is 35.9 Å². The minimum atomic E-state index is -3.08. The third kappa shape index (κ3) is 2.18. The molecule has 0 radical (unpaired) electrons. The lowest BCUT2D eigenvalue weighted by Crippen LogP contribution is -1.97. The van der Waals surface area contributed by atoms with Crippen molar-refractivity contribution in [1.82, 2.24) is 0 Å². The van der Waals surface area contributed by atoms with E-state index in [4.69, 9.17) is 0 Å². The van der Waals surface area contributed by atoms with Crippen LogP contribution in [0.15, 0.2) is 29.7 Å². The highest BCUT2D eigenvalue weighted by Crippen LogP contribution is 2.15. The van der Waals surface area contributed by atoms with Crippen LogP contribution in [0.1, 0.15) is 11.1 Å². The van der Waals surface area contributed by atoms with Crippen LogP contribution in [0.5, 0.6) is 0 Å². The van der Waals surface area contributed by atoms with Gasteiger partial charge in [0.15, 0.2) is 9.84 Å². The van der Waals surface area contributed by atoms with Crippen molar-refractivity contribution < 1.29 is 8.42 Å². The smallest absolute Gasteiger partial charge is 0.175 e. The fourth-order valence-electron chi connectivity index (χ4n) is 1.11. The van der Waals surface area contributed by atoms with Crippen molar-refractivity contribution in [1.29, 1.82) is 0 Å². The lowest BCUT2D eigenvalue weighted by molar-refractivity contribution is 0.602. The van der Waals surface area contributed by atoms with Gasteiger partial charge in [-0.05, 0) is 30.2 Å². The van der Waals surface area contributed by atoms with Crippen LogP contribution in [0.2, 0.25) is 0 Å². The van der Waals surface area contributed by atoms with Crippen LogP contribution in [0.25, 0.3) is 6.08 Å². The van der Waals surface area contributed by atoms with Crippen LogP contribution in [-0.2, 0) is 9.84 Å². The maximum atomic E-state index is 11.2. The highest BCUT2D eigenvalue weighted by molar-refractivity contribution is 7.90. The summed E-state index contributed by atoms with van der Waals surface area (Å²) in [4.78, 5) is 0.357. The summed E-state index contributed by atoms with van der Waals surface area (Å²) >= 11 is 0. The zero-order valence-corrected chi connectivity index (χ0v) is 8.56. The van der Waals surface area contributed by atoms with Crippen LogP contribution in [0.3, 0.4) is 0 Å². The van der Waals surface area contributed by atoms with Gasteiger partial charge in [0.05, 0.1) is 4.90 Å². The topological polar surface area (TPSA) is 34.1 Å². The molecule has 0 fully saturated rings. The Morgan fingerprint density at radius 1 is 1.38 bits per heavy atom. The lowest BCUT2D eigenvalue weighted by Gasteiger charge is -2.02. The maximum absolute atomic E-state index is 11.2. The Morgan fingerprint density at radius 3 is 2.38 bits per heavy atom. The maximum Gasteiger partial charge on any atom is 0.175 e. The first-order valence-corrected chi connectivity index (χ1v) is 5.77. The summed E-state index contributed by atoms with van der Waals surface area (Å²) in [6.45, 7) is 5.50. The normalized spacial score (nSPS) is 11.2. The highest BCUT2D eigenvalue weighted by atomic mass is 32.2. The molecule has 0 unspecified atom stereocenters. The zero-order chi connectivity index (χ0) is 10.1. The Morgan fingerprint density at radius 2 is 2.00 bits per heavy atom. The fourth-order valence-corrected chi connectivity index (χ4v) is 1.81. The molecule has 0 atom stereocenters. The summed E-state index contributed by atoms with van der Waals surface area (Å²) in [5.41, 5.74) is 1.89. The molecule has 0 aliphatic heterocycles. The zero-order valence-electron chi connectivity index (χ0n) is 7.74. The first-order valence-electron chi connectivity index (χ1n) is 3.88. The SMILES string of the molecule is C=Cc1ccc(S(C)(=O)=O)cc1C. The first-order chi connectivity index (χ1) is 5.95. The predicted molar refractivity (Wildman–Crippen MR) is 54.4 cm³/mol. The number of aryl methyl sites for hydroxylation is 1. The van der Waals surface area contributed by atoms with E-state index in [1.807, 2.05) is 6.92 Å². The predicted octanol–water partition coefficient (Wildman–Crippen LogP) is 2.04. The van der Waals surface area contributed by atoms with Gasteiger partial charge in [-0.1, -0.05) is 18.7 Å². The van der Waals surface area contributed by atoms with Gasteiger partial charge in [-0.3, -0.25) is 0 Å². The number of rotatable bonds is 2. The van der Waals surface area contributed by atoms with E-state index in [1.54, 1.807) is 24.3 Å². The molecule has 1 aromatic rings. The molecule has 3 heteroatoms. The van der Waals surface area contributed by atoms with E-state index in [2.05, 4.69) is 6.58 Å². The average molecular weight is 196 g/mol. The summed E-state index contributed by atoms with van der Waals surface area (Å²) < 4.78 is 22.3. The van der Waals surface area contributed by atoms with E-state index in [0.717, 1.165) is 11.1 Å². The van der Waals surface area contributed by atoms with Gasteiger partial charge in [-0.15, -0.1) is 0 Å². The van der Waals surface area contributed by atoms with Crippen molar-refractivity contribution in [2.75, 3.05) is 6.26 Å². The second-order valence-corrected chi connectivity index (χ2v) is 5.01. The second-order valence-electron chi connectivity index (χ2n) is 2.99. The molecule has 0 saturated carbocycles. The Balaban J connectivity index is 3.34. The van der Waals surface area contributed by atoms with E-state index in [9.17, 15) is 8.42 Å². The Bertz CT molecular complexity index is 430. The number of hydrogen-bond donors (Lipinski definition) is 0. The van der Waals surface area contributed by atoms with Crippen LogP contribution >= 0.6 is 0 Å². The van der Waals surface area contributed by atoms with Gasteiger partial charge in [-0.2, -0.15) is 0 Å². The summed E-state index contributed by atoms with van der Waals surface area (Å²) in [6.07, 6.45) is 2.91. The summed E-state index contributed by atoms with van der Waals surface area (Å²) in [7, 11) is -3.08. The van der Waals surface area contributed by atoms with Gasteiger partial charge in [0.1, 0.15) is 0 Å². The molecule has 0 spiro atoms. The molecule has 0 aliphatic rings. The van der Waals surface area contributed by atoms with Crippen LogP contribution in [0, 0.1) is 6.92 Å². The third-order valence-electron chi connectivity index (χ3n) is 1.89. The Kier molecular flexibility index (Phi) is 2.57. The molecule has 0 N–H and O–H groups in total. The molecule has 13 heavy (non-hydrogen) atoms. The second kappa shape index (κ2) is 3.34. The largest absolute Gasteiger partial charge is 0.224 e. The van der Waals surface area contributed by atoms with Crippen LogP contribution in [-0.4, -0.2) is 14.7 Å². The minimum absolute atomic E-state index is 0.357. The van der Waals surface area contributed by atoms with E-state index in [1.165, 1.54) is 6.26 Å². The first kappa shape index (κ1) is 9.99. The monoisotopic (exact) mass is 196 g/mol. The molecule has 0 aromatic heterocycles. The molecule has 0 amide bonds. The van der Waals surface area contributed by atoms with Gasteiger partial charge >= 0.3 is 0 Å². The molecule has 2 nitrogen and oxygen atoms in total. The van der Waals surface area contributed by atoms with Crippen LogP contribution < -0.4 is 0 Å². The molecule has 0 heterocycles. The minimum Gasteiger partial charge on any atom is -0.224 e. The summed E-state index contributed by atoms with van der Waals surface area (Å²) in [6, 6.07) is 5.02. The van der Waals surface area contributed by atoms with E-state index in [-0.39, 0.29) is 0 Å². The van der Waals surface area contributed by atoms with Crippen molar-refractivity contribution in [2.24, 2.45) is 0 Å². The van der Waals surface area contributed by atoms with E-state index in [0.29, 0.717) is 4.90 Å². The molecular weight excluding hydrogens is 184 g/mol. The molecular formula is C10H12O2S. The molecule has 0 aliphatic carbocycles. The van der Waals surface area contributed by atoms with Gasteiger partial charge in [0.2, 0.25) is 0 Å². The standard InChI is InChI=1S/C10H12O2S/c1-4-9-5-6-10(7-8(9)2)13(3,11)12/h4-7H,1H2,2-3H3. The van der Waals surface area contributed by atoms with Gasteiger partial charge in [0.25, 0.3) is 0 Å². The van der Waals surface area contributed by atoms with Crippen molar-refractivity contribution in [2.45, 2.75) is 11.8 Å².